The number of ether oxygens (including phenoxy) is 1. The van der Waals surface area contributed by atoms with Crippen molar-refractivity contribution in [2.24, 2.45) is 7.05 Å². The molecule has 18 heavy (non-hydrogen) atoms. The first kappa shape index (κ1) is 15.0. The molecular formula is C12H21N3O2S. The van der Waals surface area contributed by atoms with Gasteiger partial charge in [0.15, 0.2) is 5.16 Å². The van der Waals surface area contributed by atoms with Gasteiger partial charge in [-0.15, -0.1) is 0 Å². The van der Waals surface area contributed by atoms with Gasteiger partial charge in [-0.2, -0.15) is 0 Å². The average Bonchev–Trinajstić information content (AvgIpc) is 2.74. The van der Waals surface area contributed by atoms with Crippen molar-refractivity contribution in [1.29, 1.82) is 0 Å². The Bertz CT molecular complexity index is 368. The zero-order chi connectivity index (χ0) is 13.4. The first-order chi connectivity index (χ1) is 8.69. The van der Waals surface area contributed by atoms with Crippen LogP contribution in [0, 0.1) is 0 Å². The van der Waals surface area contributed by atoms with Crippen LogP contribution >= 0.6 is 11.8 Å². The quantitative estimate of drug-likeness (QED) is 0.573. The molecule has 1 aromatic heterocycles. The highest BCUT2D eigenvalue weighted by atomic mass is 32.2. The maximum absolute atomic E-state index is 11.7. The number of carbonyl (C=O) groups is 1. The molecule has 0 aliphatic rings. The van der Waals surface area contributed by atoms with E-state index < -0.39 is 0 Å². The smallest absolute Gasteiger partial charge is 0.323 e. The number of aromatic nitrogens is 2. The van der Waals surface area contributed by atoms with Crippen LogP contribution in [0.4, 0.5) is 0 Å². The van der Waals surface area contributed by atoms with Gasteiger partial charge in [0.1, 0.15) is 6.04 Å². The van der Waals surface area contributed by atoms with Crippen LogP contribution in [-0.4, -0.2) is 40.5 Å². The second kappa shape index (κ2) is 8.16. The third-order valence-corrected chi connectivity index (χ3v) is 3.53. The third kappa shape index (κ3) is 4.70. The fourth-order valence-electron chi connectivity index (χ4n) is 1.55. The van der Waals surface area contributed by atoms with E-state index in [2.05, 4.69) is 10.3 Å². The van der Waals surface area contributed by atoms with Crippen LogP contribution < -0.4 is 5.32 Å². The second-order valence-corrected chi connectivity index (χ2v) is 4.88. The van der Waals surface area contributed by atoms with Gasteiger partial charge >= 0.3 is 5.97 Å². The van der Waals surface area contributed by atoms with Crippen LogP contribution in [0.25, 0.3) is 0 Å². The summed E-state index contributed by atoms with van der Waals surface area (Å²) < 4.78 is 7.01. The first-order valence-corrected chi connectivity index (χ1v) is 7.17. The fraction of sp³-hybridized carbons (Fsp3) is 0.667. The number of thioether (sulfide) groups is 1. The molecule has 1 atom stereocenters. The van der Waals surface area contributed by atoms with E-state index in [-0.39, 0.29) is 12.0 Å². The van der Waals surface area contributed by atoms with Gasteiger partial charge in [0, 0.05) is 25.2 Å². The second-order valence-electron chi connectivity index (χ2n) is 3.82. The van der Waals surface area contributed by atoms with E-state index in [4.69, 9.17) is 4.74 Å². The summed E-state index contributed by atoms with van der Waals surface area (Å²) in [6, 6.07) is -0.220. The molecule has 0 amide bonds. The lowest BCUT2D eigenvalue weighted by atomic mass is 10.2. The van der Waals surface area contributed by atoms with Crippen LogP contribution in [0.3, 0.4) is 0 Å². The molecule has 6 heteroatoms. The molecule has 0 aliphatic heterocycles. The molecule has 0 spiro atoms. The molecule has 0 aliphatic carbocycles. The lowest BCUT2D eigenvalue weighted by molar-refractivity contribution is -0.145. The largest absolute Gasteiger partial charge is 0.465 e. The Balaban J connectivity index is 2.37. The number of rotatable bonds is 8. The van der Waals surface area contributed by atoms with Crippen LogP contribution in [0.15, 0.2) is 17.6 Å². The van der Waals surface area contributed by atoms with E-state index >= 15 is 0 Å². The first-order valence-electron chi connectivity index (χ1n) is 6.19. The monoisotopic (exact) mass is 271 g/mol. The lowest BCUT2D eigenvalue weighted by Gasteiger charge is -2.15. The normalized spacial score (nSPS) is 12.4. The summed E-state index contributed by atoms with van der Waals surface area (Å²) in [7, 11) is 1.96. The van der Waals surface area contributed by atoms with E-state index in [0.717, 1.165) is 23.9 Å². The predicted octanol–water partition coefficient (Wildman–Crippen LogP) is 1.44. The Kier molecular flexibility index (Phi) is 6.82. The molecule has 0 bridgehead atoms. The average molecular weight is 271 g/mol. The highest BCUT2D eigenvalue weighted by Gasteiger charge is 2.18. The number of hydrogen-bond acceptors (Lipinski definition) is 5. The number of carbonyl (C=O) groups excluding carboxylic acids is 1. The molecule has 0 saturated carbocycles. The summed E-state index contributed by atoms with van der Waals surface area (Å²) in [5.41, 5.74) is 0. The number of nitrogens with zero attached hydrogens (tertiary/aromatic N) is 2. The van der Waals surface area contributed by atoms with E-state index in [1.54, 1.807) is 18.0 Å². The van der Waals surface area contributed by atoms with Crippen molar-refractivity contribution in [3.8, 4) is 0 Å². The molecule has 102 valence electrons. The summed E-state index contributed by atoms with van der Waals surface area (Å²) in [5.74, 6) is 0.668. The van der Waals surface area contributed by atoms with Crippen molar-refractivity contribution in [2.75, 3.05) is 18.9 Å². The molecule has 0 radical (unpaired) electrons. The van der Waals surface area contributed by atoms with Gasteiger partial charge in [-0.3, -0.25) is 4.79 Å². The zero-order valence-electron chi connectivity index (χ0n) is 11.2. The fourth-order valence-corrected chi connectivity index (χ4v) is 2.49. The molecule has 0 saturated heterocycles. The molecule has 1 rings (SSSR count). The minimum absolute atomic E-state index is 0.167. The number of imidazole rings is 1. The molecular weight excluding hydrogens is 250 g/mol. The molecule has 0 fully saturated rings. The van der Waals surface area contributed by atoms with Crippen molar-refractivity contribution in [3.63, 3.8) is 0 Å². The van der Waals surface area contributed by atoms with Crippen molar-refractivity contribution >= 4 is 17.7 Å². The van der Waals surface area contributed by atoms with Gasteiger partial charge in [0.2, 0.25) is 0 Å². The van der Waals surface area contributed by atoms with Gasteiger partial charge < -0.3 is 14.6 Å². The topological polar surface area (TPSA) is 56.2 Å². The Hall–Kier alpha value is -1.01. The van der Waals surface area contributed by atoms with Crippen molar-refractivity contribution in [1.82, 2.24) is 14.9 Å². The molecule has 1 N–H and O–H groups in total. The minimum Gasteiger partial charge on any atom is -0.465 e. The maximum Gasteiger partial charge on any atom is 0.323 e. The molecule has 1 unspecified atom stereocenters. The maximum atomic E-state index is 11.7. The number of esters is 1. The summed E-state index contributed by atoms with van der Waals surface area (Å²) >= 11 is 1.65. The van der Waals surface area contributed by atoms with E-state index in [1.807, 2.05) is 31.7 Å². The Labute approximate surface area is 112 Å². The van der Waals surface area contributed by atoms with Crippen LogP contribution in [0.5, 0.6) is 0 Å². The summed E-state index contributed by atoms with van der Waals surface area (Å²) in [6.45, 7) is 4.99. The molecule has 0 aromatic carbocycles. The van der Waals surface area contributed by atoms with Gasteiger partial charge in [0.05, 0.1) is 6.61 Å². The predicted molar refractivity (Wildman–Crippen MR) is 72.6 cm³/mol. The standard InChI is InChI=1S/C12H21N3O2S/c1-4-13-10(11(16)17-5-2)6-9-18-12-14-7-8-15(12)3/h7-8,10,13H,4-6,9H2,1-3H3. The number of hydrogen-bond donors (Lipinski definition) is 1. The van der Waals surface area contributed by atoms with Crippen molar-refractivity contribution < 1.29 is 9.53 Å². The Morgan fingerprint density at radius 1 is 1.61 bits per heavy atom. The van der Waals surface area contributed by atoms with Crippen molar-refractivity contribution in [3.05, 3.63) is 12.4 Å². The number of nitrogens with one attached hydrogen (secondary N) is 1. The van der Waals surface area contributed by atoms with Crippen molar-refractivity contribution in [2.45, 2.75) is 31.5 Å². The van der Waals surface area contributed by atoms with Gasteiger partial charge in [-0.1, -0.05) is 18.7 Å². The SMILES string of the molecule is CCNC(CCSc1nccn1C)C(=O)OCC. The van der Waals surface area contributed by atoms with Gasteiger partial charge in [0.25, 0.3) is 0 Å². The summed E-state index contributed by atoms with van der Waals surface area (Å²) in [5, 5.41) is 4.11. The van der Waals surface area contributed by atoms with Crippen LogP contribution in [0.1, 0.15) is 20.3 Å². The lowest BCUT2D eigenvalue weighted by Crippen LogP contribution is -2.38. The number of aryl methyl sites for hydroxylation is 1. The van der Waals surface area contributed by atoms with Crippen LogP contribution in [-0.2, 0) is 16.6 Å². The summed E-state index contributed by atoms with van der Waals surface area (Å²) in [4.78, 5) is 15.9. The zero-order valence-corrected chi connectivity index (χ0v) is 12.0. The summed E-state index contributed by atoms with van der Waals surface area (Å²) in [6.07, 6.45) is 4.43. The molecule has 1 heterocycles. The van der Waals surface area contributed by atoms with E-state index in [9.17, 15) is 4.79 Å². The van der Waals surface area contributed by atoms with E-state index in [0.29, 0.717) is 6.61 Å². The number of likely N-dealkylation sites (N-methyl/N-ethyl adjacent to an activating group) is 1. The highest BCUT2D eigenvalue weighted by molar-refractivity contribution is 7.99. The van der Waals surface area contributed by atoms with E-state index in [1.165, 1.54) is 0 Å². The minimum atomic E-state index is -0.220. The van der Waals surface area contributed by atoms with Crippen LogP contribution in [0.2, 0.25) is 0 Å². The Morgan fingerprint density at radius 2 is 2.39 bits per heavy atom. The molecule has 1 aromatic rings. The molecule has 5 nitrogen and oxygen atoms in total. The third-order valence-electron chi connectivity index (χ3n) is 2.44. The highest BCUT2D eigenvalue weighted by Crippen LogP contribution is 2.16. The Morgan fingerprint density at radius 3 is 2.94 bits per heavy atom. The van der Waals surface area contributed by atoms with Gasteiger partial charge in [-0.25, -0.2) is 4.98 Å². The van der Waals surface area contributed by atoms with Gasteiger partial charge in [-0.05, 0) is 19.9 Å².